The number of likely N-dealkylation sites (tertiary alicyclic amines) is 1. The van der Waals surface area contributed by atoms with Gasteiger partial charge in [0.2, 0.25) is 5.91 Å². The van der Waals surface area contributed by atoms with Crippen molar-refractivity contribution in [2.75, 3.05) is 32.1 Å². The lowest BCUT2D eigenvalue weighted by atomic mass is 10.1. The van der Waals surface area contributed by atoms with Crippen LogP contribution in [0.5, 0.6) is 0 Å². The van der Waals surface area contributed by atoms with Gasteiger partial charge < -0.3 is 15.0 Å². The Labute approximate surface area is 122 Å². The molecule has 110 valence electrons. The molecule has 0 bridgehead atoms. The van der Waals surface area contributed by atoms with E-state index < -0.39 is 0 Å². The molecule has 0 spiro atoms. The highest BCUT2D eigenvalue weighted by atomic mass is 32.1. The topological polar surface area (TPSA) is 71.5 Å². The number of hydrogen-bond donors (Lipinski definition) is 1. The minimum Gasteiger partial charge on any atom is -0.466 e. The third kappa shape index (κ3) is 4.01. The summed E-state index contributed by atoms with van der Waals surface area (Å²) in [5, 5.41) is 5.14. The number of nitrogens with zero attached hydrogens (tertiary/aromatic N) is 2. The van der Waals surface area contributed by atoms with Gasteiger partial charge in [0.1, 0.15) is 0 Å². The number of amides is 1. The van der Waals surface area contributed by atoms with Crippen molar-refractivity contribution in [1.82, 2.24) is 9.88 Å². The molecule has 1 aliphatic heterocycles. The number of carbonyl (C=O) groups excluding carboxylic acids is 2. The minimum atomic E-state index is -0.298. The van der Waals surface area contributed by atoms with Crippen LogP contribution < -0.4 is 5.32 Å². The van der Waals surface area contributed by atoms with Crippen molar-refractivity contribution in [2.45, 2.75) is 19.8 Å². The van der Waals surface area contributed by atoms with E-state index in [0.29, 0.717) is 17.4 Å². The molecule has 1 atom stereocenters. The number of anilines is 1. The van der Waals surface area contributed by atoms with Crippen LogP contribution in [0.25, 0.3) is 0 Å². The molecular formula is C13H19N3O3S. The van der Waals surface area contributed by atoms with Crippen LogP contribution in [0.4, 0.5) is 5.13 Å². The Morgan fingerprint density at radius 2 is 2.40 bits per heavy atom. The van der Waals surface area contributed by atoms with Crippen LogP contribution in [0.3, 0.4) is 0 Å². The van der Waals surface area contributed by atoms with Gasteiger partial charge in [-0.05, 0) is 26.9 Å². The summed E-state index contributed by atoms with van der Waals surface area (Å²) in [5.74, 6) is -0.267. The average Bonchev–Trinajstić information content (AvgIpc) is 2.99. The van der Waals surface area contributed by atoms with Crippen LogP contribution in [-0.4, -0.2) is 48.5 Å². The summed E-state index contributed by atoms with van der Waals surface area (Å²) in [4.78, 5) is 29.7. The highest BCUT2D eigenvalue weighted by Gasteiger charge is 2.26. The van der Waals surface area contributed by atoms with E-state index in [1.165, 1.54) is 11.3 Å². The predicted octanol–water partition coefficient (Wildman–Crippen LogP) is 1.14. The first-order chi connectivity index (χ1) is 9.58. The molecule has 1 unspecified atom stereocenters. The molecule has 0 aromatic carbocycles. The molecule has 20 heavy (non-hydrogen) atoms. The molecule has 1 aromatic heterocycles. The van der Waals surface area contributed by atoms with Crippen molar-refractivity contribution in [3.63, 3.8) is 0 Å². The summed E-state index contributed by atoms with van der Waals surface area (Å²) < 4.78 is 4.86. The highest BCUT2D eigenvalue weighted by molar-refractivity contribution is 7.13. The number of carbonyl (C=O) groups is 2. The predicted molar refractivity (Wildman–Crippen MR) is 76.7 cm³/mol. The number of nitrogens with one attached hydrogen (secondary N) is 1. The van der Waals surface area contributed by atoms with E-state index in [0.717, 1.165) is 19.5 Å². The van der Waals surface area contributed by atoms with E-state index in [-0.39, 0.29) is 24.2 Å². The highest BCUT2D eigenvalue weighted by Crippen LogP contribution is 2.20. The van der Waals surface area contributed by atoms with Crippen molar-refractivity contribution in [3.8, 4) is 0 Å². The van der Waals surface area contributed by atoms with Crippen LogP contribution in [0.1, 0.15) is 19.0 Å². The van der Waals surface area contributed by atoms with Crippen LogP contribution >= 0.6 is 11.3 Å². The van der Waals surface area contributed by atoms with Gasteiger partial charge in [0.25, 0.3) is 0 Å². The third-order valence-corrected chi connectivity index (χ3v) is 3.98. The quantitative estimate of drug-likeness (QED) is 0.825. The summed E-state index contributed by atoms with van der Waals surface area (Å²) >= 11 is 1.33. The zero-order valence-corrected chi connectivity index (χ0v) is 12.5. The smallest absolute Gasteiger partial charge is 0.311 e. The summed E-state index contributed by atoms with van der Waals surface area (Å²) in [6, 6.07) is 0. The maximum absolute atomic E-state index is 12.0. The van der Waals surface area contributed by atoms with Gasteiger partial charge in [-0.15, -0.1) is 11.3 Å². The first-order valence-electron chi connectivity index (χ1n) is 6.68. The molecular weight excluding hydrogens is 278 g/mol. The SMILES string of the molecule is CCOC(=O)Cc1csc(NC(=O)C2CCN(C)C2)n1. The summed E-state index contributed by atoms with van der Waals surface area (Å²) in [7, 11) is 2.01. The van der Waals surface area contributed by atoms with Crippen molar-refractivity contribution in [3.05, 3.63) is 11.1 Å². The Kier molecular flexibility index (Phi) is 5.08. The number of rotatable bonds is 5. The van der Waals surface area contributed by atoms with Gasteiger partial charge in [0, 0.05) is 11.9 Å². The first-order valence-corrected chi connectivity index (χ1v) is 7.56. The van der Waals surface area contributed by atoms with Gasteiger partial charge in [-0.2, -0.15) is 0 Å². The molecule has 7 heteroatoms. The van der Waals surface area contributed by atoms with Crippen LogP contribution in [0.2, 0.25) is 0 Å². The van der Waals surface area contributed by atoms with E-state index in [4.69, 9.17) is 4.74 Å². The molecule has 1 N–H and O–H groups in total. The average molecular weight is 297 g/mol. The Balaban J connectivity index is 1.86. The normalized spacial score (nSPS) is 19.0. The molecule has 0 aliphatic carbocycles. The Morgan fingerprint density at radius 1 is 1.60 bits per heavy atom. The molecule has 1 aromatic rings. The fourth-order valence-corrected chi connectivity index (χ4v) is 2.88. The van der Waals surface area contributed by atoms with Gasteiger partial charge in [-0.1, -0.05) is 0 Å². The second-order valence-corrected chi connectivity index (χ2v) is 5.72. The van der Waals surface area contributed by atoms with Crippen molar-refractivity contribution >= 4 is 28.3 Å². The second-order valence-electron chi connectivity index (χ2n) is 4.86. The molecule has 2 rings (SSSR count). The maximum Gasteiger partial charge on any atom is 0.311 e. The number of ether oxygens (including phenoxy) is 1. The molecule has 1 amide bonds. The molecule has 2 heterocycles. The Bertz CT molecular complexity index is 489. The summed E-state index contributed by atoms with van der Waals surface area (Å²) in [5.41, 5.74) is 0.632. The fourth-order valence-electron chi connectivity index (χ4n) is 2.16. The standard InChI is InChI=1S/C13H19N3O3S/c1-3-19-11(17)6-10-8-20-13(14-10)15-12(18)9-4-5-16(2)7-9/h8-9H,3-7H2,1-2H3,(H,14,15,18). The minimum absolute atomic E-state index is 0.00591. The number of aromatic nitrogens is 1. The number of hydrogen-bond acceptors (Lipinski definition) is 6. The first kappa shape index (κ1) is 14.9. The van der Waals surface area contributed by atoms with Gasteiger partial charge in [-0.3, -0.25) is 9.59 Å². The maximum atomic E-state index is 12.0. The van der Waals surface area contributed by atoms with Crippen molar-refractivity contribution < 1.29 is 14.3 Å². The number of thiazole rings is 1. The lowest BCUT2D eigenvalue weighted by molar-refractivity contribution is -0.142. The summed E-state index contributed by atoms with van der Waals surface area (Å²) in [6.45, 7) is 3.86. The Hall–Kier alpha value is -1.47. The van der Waals surface area contributed by atoms with E-state index in [2.05, 4.69) is 15.2 Å². The molecule has 0 saturated carbocycles. The van der Waals surface area contributed by atoms with Crippen LogP contribution in [-0.2, 0) is 20.7 Å². The van der Waals surface area contributed by atoms with Crippen LogP contribution in [0.15, 0.2) is 5.38 Å². The third-order valence-electron chi connectivity index (χ3n) is 3.17. The van der Waals surface area contributed by atoms with E-state index in [1.54, 1.807) is 12.3 Å². The fraction of sp³-hybridized carbons (Fsp3) is 0.615. The lowest BCUT2D eigenvalue weighted by Gasteiger charge is -2.09. The van der Waals surface area contributed by atoms with E-state index in [9.17, 15) is 9.59 Å². The van der Waals surface area contributed by atoms with E-state index in [1.807, 2.05) is 7.05 Å². The van der Waals surface area contributed by atoms with Crippen molar-refractivity contribution in [2.24, 2.45) is 5.92 Å². The molecule has 0 radical (unpaired) electrons. The van der Waals surface area contributed by atoms with E-state index >= 15 is 0 Å². The van der Waals surface area contributed by atoms with Gasteiger partial charge in [0.15, 0.2) is 5.13 Å². The van der Waals surface area contributed by atoms with Gasteiger partial charge in [0.05, 0.1) is 24.6 Å². The Morgan fingerprint density at radius 3 is 3.05 bits per heavy atom. The molecule has 1 aliphatic rings. The molecule has 1 saturated heterocycles. The summed E-state index contributed by atoms with van der Waals surface area (Å²) in [6.07, 6.45) is 1.02. The molecule has 1 fully saturated rings. The lowest BCUT2D eigenvalue weighted by Crippen LogP contribution is -2.25. The van der Waals surface area contributed by atoms with Crippen molar-refractivity contribution in [1.29, 1.82) is 0 Å². The molecule has 6 nitrogen and oxygen atoms in total. The second kappa shape index (κ2) is 6.81. The largest absolute Gasteiger partial charge is 0.466 e. The van der Waals surface area contributed by atoms with Crippen LogP contribution in [0, 0.1) is 5.92 Å². The zero-order chi connectivity index (χ0) is 14.5. The number of esters is 1. The van der Waals surface area contributed by atoms with Gasteiger partial charge in [-0.25, -0.2) is 4.98 Å². The zero-order valence-electron chi connectivity index (χ0n) is 11.7. The monoisotopic (exact) mass is 297 g/mol. The van der Waals surface area contributed by atoms with Gasteiger partial charge >= 0.3 is 5.97 Å².